The Balaban J connectivity index is 1.70. The molecule has 9 nitrogen and oxygen atoms in total. The van der Waals surface area contributed by atoms with Crippen LogP contribution in [0.4, 0.5) is 5.82 Å². The third-order valence-electron chi connectivity index (χ3n) is 4.60. The molecular formula is C21H32N4O5. The van der Waals surface area contributed by atoms with Crippen molar-refractivity contribution >= 4 is 5.82 Å². The maximum Gasteiger partial charge on any atom is 0.332 e. The van der Waals surface area contributed by atoms with E-state index in [1.807, 2.05) is 24.3 Å². The second kappa shape index (κ2) is 11.4. The number of aliphatic hydroxyl groups is 1. The van der Waals surface area contributed by atoms with Crippen molar-refractivity contribution in [3.05, 3.63) is 50.7 Å². The van der Waals surface area contributed by atoms with Gasteiger partial charge in [-0.15, -0.1) is 0 Å². The normalized spacial score (nSPS) is 11.9. The average molecular weight is 421 g/mol. The Labute approximate surface area is 176 Å². The topological polar surface area (TPSA) is 107 Å². The molecule has 1 aromatic carbocycles. The first-order chi connectivity index (χ1) is 14.3. The molecule has 1 heterocycles. The Morgan fingerprint density at radius 2 is 1.67 bits per heavy atom. The van der Waals surface area contributed by atoms with Crippen LogP contribution < -0.4 is 31.4 Å². The third-order valence-corrected chi connectivity index (χ3v) is 4.60. The fourth-order valence-electron chi connectivity index (χ4n) is 2.90. The number of benzene rings is 1. The fourth-order valence-corrected chi connectivity index (χ4v) is 2.90. The summed E-state index contributed by atoms with van der Waals surface area (Å²) in [5.41, 5.74) is -0.205. The van der Waals surface area contributed by atoms with Crippen LogP contribution in [0, 0.1) is 6.92 Å². The van der Waals surface area contributed by atoms with E-state index in [9.17, 15) is 14.7 Å². The van der Waals surface area contributed by atoms with Gasteiger partial charge >= 0.3 is 5.69 Å². The molecular weight excluding hydrogens is 388 g/mol. The molecule has 0 radical (unpaired) electrons. The molecule has 0 aliphatic carbocycles. The highest BCUT2D eigenvalue weighted by Gasteiger charge is 2.11. The number of hydrogen-bond donors (Lipinski definition) is 3. The Morgan fingerprint density at radius 3 is 2.30 bits per heavy atom. The van der Waals surface area contributed by atoms with Crippen molar-refractivity contribution in [2.75, 3.05) is 38.2 Å². The summed E-state index contributed by atoms with van der Waals surface area (Å²) >= 11 is 0. The van der Waals surface area contributed by atoms with Crippen molar-refractivity contribution in [3.63, 3.8) is 0 Å². The second-order valence-corrected chi connectivity index (χ2v) is 7.09. The molecule has 0 amide bonds. The predicted molar refractivity (Wildman–Crippen MR) is 117 cm³/mol. The van der Waals surface area contributed by atoms with Gasteiger partial charge in [-0.2, -0.15) is 0 Å². The first kappa shape index (κ1) is 23.5. The van der Waals surface area contributed by atoms with Crippen molar-refractivity contribution in [2.45, 2.75) is 26.4 Å². The summed E-state index contributed by atoms with van der Waals surface area (Å²) in [4.78, 5) is 24.0. The van der Waals surface area contributed by atoms with Gasteiger partial charge in [-0.1, -0.05) is 6.92 Å². The van der Waals surface area contributed by atoms with E-state index in [1.165, 1.54) is 11.6 Å². The van der Waals surface area contributed by atoms with Crippen molar-refractivity contribution in [1.82, 2.24) is 14.5 Å². The maximum absolute atomic E-state index is 12.0. The van der Waals surface area contributed by atoms with E-state index in [0.29, 0.717) is 43.4 Å². The van der Waals surface area contributed by atoms with Gasteiger partial charge in [0.2, 0.25) is 0 Å². The maximum atomic E-state index is 12.0. The largest absolute Gasteiger partial charge is 0.494 e. The quantitative estimate of drug-likeness (QED) is 0.432. The molecule has 2 aromatic rings. The van der Waals surface area contributed by atoms with E-state index in [1.54, 1.807) is 14.0 Å². The van der Waals surface area contributed by atoms with Crippen molar-refractivity contribution in [1.29, 1.82) is 0 Å². The lowest BCUT2D eigenvalue weighted by Crippen LogP contribution is -2.40. The van der Waals surface area contributed by atoms with Gasteiger partial charge in [0.15, 0.2) is 0 Å². The molecule has 166 valence electrons. The minimum atomic E-state index is -0.670. The summed E-state index contributed by atoms with van der Waals surface area (Å²) in [7, 11) is 3.08. The van der Waals surface area contributed by atoms with Gasteiger partial charge in [-0.25, -0.2) is 4.79 Å². The summed E-state index contributed by atoms with van der Waals surface area (Å²) in [5, 5.41) is 16.3. The number of aromatic nitrogens is 2. The number of rotatable bonds is 12. The highest BCUT2D eigenvalue weighted by Crippen LogP contribution is 2.17. The van der Waals surface area contributed by atoms with E-state index in [4.69, 9.17) is 9.47 Å². The van der Waals surface area contributed by atoms with E-state index < -0.39 is 6.10 Å². The first-order valence-electron chi connectivity index (χ1n) is 10.1. The molecule has 0 aliphatic rings. The van der Waals surface area contributed by atoms with Crippen LogP contribution in [-0.4, -0.2) is 53.2 Å². The summed E-state index contributed by atoms with van der Waals surface area (Å²) in [5.74, 6) is 1.96. The molecule has 0 aliphatic heterocycles. The van der Waals surface area contributed by atoms with E-state index in [0.717, 1.165) is 16.7 Å². The second-order valence-electron chi connectivity index (χ2n) is 7.09. The van der Waals surface area contributed by atoms with Gasteiger partial charge in [0, 0.05) is 33.7 Å². The zero-order valence-corrected chi connectivity index (χ0v) is 18.1. The molecule has 0 saturated carbocycles. The molecule has 0 bridgehead atoms. The van der Waals surface area contributed by atoms with E-state index >= 15 is 0 Å². The fraction of sp³-hybridized carbons (Fsp3) is 0.524. The van der Waals surface area contributed by atoms with Gasteiger partial charge < -0.3 is 25.2 Å². The molecule has 3 N–H and O–H groups in total. The van der Waals surface area contributed by atoms with Crippen LogP contribution in [0.25, 0.3) is 0 Å². The van der Waals surface area contributed by atoms with Crippen LogP contribution >= 0.6 is 0 Å². The summed E-state index contributed by atoms with van der Waals surface area (Å²) in [6, 6.07) is 7.30. The Bertz CT molecular complexity index is 883. The molecule has 0 spiro atoms. The number of hydrogen-bond acceptors (Lipinski definition) is 7. The van der Waals surface area contributed by atoms with Gasteiger partial charge in [-0.3, -0.25) is 13.9 Å². The molecule has 1 aromatic heterocycles. The predicted octanol–water partition coefficient (Wildman–Crippen LogP) is 0.623. The molecule has 9 heteroatoms. The minimum absolute atomic E-state index is 0.165. The van der Waals surface area contributed by atoms with E-state index in [2.05, 4.69) is 17.6 Å². The van der Waals surface area contributed by atoms with Gasteiger partial charge in [0.05, 0.1) is 12.2 Å². The zero-order valence-electron chi connectivity index (χ0n) is 18.1. The smallest absolute Gasteiger partial charge is 0.332 e. The standard InChI is InChI=1S/C21H32N4O5/c1-5-12-29-17-6-8-18(9-7-17)30-14-16(26)13-22-10-11-23-19-15(2)20(27)25(4)21(28)24(19)3/h6-9,16,22-23,26H,5,10-14H2,1-4H3. The minimum Gasteiger partial charge on any atom is -0.494 e. The molecule has 0 fully saturated rings. The number of nitrogens with zero attached hydrogens (tertiary/aromatic N) is 2. The number of nitrogens with one attached hydrogen (secondary N) is 2. The van der Waals surface area contributed by atoms with Gasteiger partial charge in [-0.05, 0) is 37.6 Å². The van der Waals surface area contributed by atoms with Crippen LogP contribution in [0.1, 0.15) is 18.9 Å². The molecule has 0 saturated heterocycles. The lowest BCUT2D eigenvalue weighted by molar-refractivity contribution is 0.107. The third kappa shape index (κ3) is 6.36. The molecule has 1 atom stereocenters. The van der Waals surface area contributed by atoms with Crippen molar-refractivity contribution in [3.8, 4) is 11.5 Å². The number of ether oxygens (including phenoxy) is 2. The van der Waals surface area contributed by atoms with Crippen molar-refractivity contribution < 1.29 is 14.6 Å². The lowest BCUT2D eigenvalue weighted by Gasteiger charge is -2.16. The SMILES string of the molecule is CCCOc1ccc(OCC(O)CNCCNc2c(C)c(=O)n(C)c(=O)n2C)cc1. The molecule has 30 heavy (non-hydrogen) atoms. The van der Waals surface area contributed by atoms with Crippen LogP contribution in [0.5, 0.6) is 11.5 Å². The highest BCUT2D eigenvalue weighted by atomic mass is 16.5. The lowest BCUT2D eigenvalue weighted by atomic mass is 10.3. The summed E-state index contributed by atoms with van der Waals surface area (Å²) in [6.45, 7) is 5.97. The Morgan fingerprint density at radius 1 is 1.03 bits per heavy atom. The monoisotopic (exact) mass is 420 g/mol. The van der Waals surface area contributed by atoms with Crippen LogP contribution in [0.2, 0.25) is 0 Å². The molecule has 1 unspecified atom stereocenters. The average Bonchev–Trinajstić information content (AvgIpc) is 2.76. The number of anilines is 1. The molecule has 2 rings (SSSR count). The summed E-state index contributed by atoms with van der Waals surface area (Å²) < 4.78 is 13.6. The Hall–Kier alpha value is -2.78. The van der Waals surface area contributed by atoms with Crippen LogP contribution in [0.15, 0.2) is 33.9 Å². The first-order valence-corrected chi connectivity index (χ1v) is 10.1. The van der Waals surface area contributed by atoms with Crippen LogP contribution in [-0.2, 0) is 14.1 Å². The highest BCUT2D eigenvalue weighted by molar-refractivity contribution is 5.42. The summed E-state index contributed by atoms with van der Waals surface area (Å²) in [6.07, 6.45) is 0.283. The zero-order chi connectivity index (χ0) is 22.1. The van der Waals surface area contributed by atoms with Crippen molar-refractivity contribution in [2.24, 2.45) is 14.1 Å². The van der Waals surface area contributed by atoms with E-state index in [-0.39, 0.29) is 17.9 Å². The van der Waals surface area contributed by atoms with Gasteiger partial charge in [0.1, 0.15) is 30.0 Å². The number of aliphatic hydroxyl groups excluding tert-OH is 1. The van der Waals surface area contributed by atoms with Gasteiger partial charge in [0.25, 0.3) is 5.56 Å². The van der Waals surface area contributed by atoms with Crippen LogP contribution in [0.3, 0.4) is 0 Å². The Kier molecular flexibility index (Phi) is 8.94.